The van der Waals surface area contributed by atoms with Crippen molar-refractivity contribution in [2.24, 2.45) is 4.99 Å². The van der Waals surface area contributed by atoms with Crippen LogP contribution in [0, 0.1) is 0 Å². The maximum atomic E-state index is 4.40. The summed E-state index contributed by atoms with van der Waals surface area (Å²) >= 11 is 0. The van der Waals surface area contributed by atoms with Crippen molar-refractivity contribution in [1.29, 1.82) is 0 Å². The monoisotopic (exact) mass is 257 g/mol. The highest BCUT2D eigenvalue weighted by molar-refractivity contribution is 6.25. The summed E-state index contributed by atoms with van der Waals surface area (Å²) in [6.07, 6.45) is 1.99. The molecule has 1 heteroatoms. The predicted octanol–water partition coefficient (Wildman–Crippen LogP) is 5.02. The third kappa shape index (κ3) is 1.53. The van der Waals surface area contributed by atoms with Crippen LogP contribution in [-0.4, -0.2) is 12.8 Å². The summed E-state index contributed by atoms with van der Waals surface area (Å²) in [4.78, 5) is 4.40. The van der Waals surface area contributed by atoms with E-state index in [1.54, 1.807) is 0 Å². The van der Waals surface area contributed by atoms with E-state index >= 15 is 0 Å². The van der Waals surface area contributed by atoms with Crippen LogP contribution >= 0.6 is 0 Å². The van der Waals surface area contributed by atoms with Crippen molar-refractivity contribution in [3.63, 3.8) is 0 Å². The summed E-state index contributed by atoms with van der Waals surface area (Å²) in [6, 6.07) is 19.7. The van der Waals surface area contributed by atoms with Crippen molar-refractivity contribution < 1.29 is 0 Å². The molecule has 4 aromatic rings. The fourth-order valence-corrected chi connectivity index (χ4v) is 3.06. The molecular formula is C19H15N. The Labute approximate surface area is 117 Å². The van der Waals surface area contributed by atoms with E-state index in [2.05, 4.69) is 66.5 Å². The van der Waals surface area contributed by atoms with Crippen LogP contribution in [0.5, 0.6) is 0 Å². The Morgan fingerprint density at radius 2 is 1.45 bits per heavy atom. The predicted molar refractivity (Wildman–Crippen MR) is 88.3 cm³/mol. The first kappa shape index (κ1) is 11.4. The molecule has 0 saturated carbocycles. The zero-order chi connectivity index (χ0) is 13.5. The minimum absolute atomic E-state index is 0.821. The molecule has 0 fully saturated rings. The average Bonchev–Trinajstić information content (AvgIpc) is 2.51. The maximum absolute atomic E-state index is 4.40. The standard InChI is InChI=1S/C19H15N/c1-2-20-12-16-9-8-15-7-6-13-4-3-5-14-10-11-17(16)19(15)18(13)14/h3-12H,2H2,1H3. The van der Waals surface area contributed by atoms with Crippen LogP contribution < -0.4 is 0 Å². The second-order valence-corrected chi connectivity index (χ2v) is 5.14. The van der Waals surface area contributed by atoms with Gasteiger partial charge in [-0.25, -0.2) is 0 Å². The fraction of sp³-hybridized carbons (Fsp3) is 0.105. The molecule has 0 heterocycles. The van der Waals surface area contributed by atoms with E-state index < -0.39 is 0 Å². The van der Waals surface area contributed by atoms with Crippen LogP contribution in [0.2, 0.25) is 0 Å². The summed E-state index contributed by atoms with van der Waals surface area (Å²) in [5.74, 6) is 0. The number of aliphatic imine (C=N–C) groups is 1. The van der Waals surface area contributed by atoms with E-state index in [1.165, 1.54) is 37.9 Å². The SMILES string of the molecule is CCN=Cc1ccc2ccc3cccc4ccc1c2c34. The van der Waals surface area contributed by atoms with E-state index in [9.17, 15) is 0 Å². The number of rotatable bonds is 2. The lowest BCUT2D eigenvalue weighted by Crippen LogP contribution is -1.89. The molecule has 0 aliphatic carbocycles. The van der Waals surface area contributed by atoms with Gasteiger partial charge in [-0.05, 0) is 39.2 Å². The zero-order valence-corrected chi connectivity index (χ0v) is 11.4. The van der Waals surface area contributed by atoms with E-state index in [4.69, 9.17) is 0 Å². The summed E-state index contributed by atoms with van der Waals surface area (Å²) in [7, 11) is 0. The average molecular weight is 257 g/mol. The van der Waals surface area contributed by atoms with Gasteiger partial charge in [0.25, 0.3) is 0 Å². The van der Waals surface area contributed by atoms with Crippen LogP contribution in [0.3, 0.4) is 0 Å². The highest BCUT2D eigenvalue weighted by atomic mass is 14.7. The number of hydrogen-bond acceptors (Lipinski definition) is 1. The van der Waals surface area contributed by atoms with Crippen LogP contribution in [0.25, 0.3) is 32.3 Å². The van der Waals surface area contributed by atoms with Crippen molar-refractivity contribution >= 4 is 38.5 Å². The molecule has 0 aliphatic heterocycles. The first-order valence-electron chi connectivity index (χ1n) is 7.05. The molecule has 4 rings (SSSR count). The fourth-order valence-electron chi connectivity index (χ4n) is 3.06. The van der Waals surface area contributed by atoms with Gasteiger partial charge in [0.15, 0.2) is 0 Å². The van der Waals surface area contributed by atoms with Gasteiger partial charge in [0.05, 0.1) is 0 Å². The largest absolute Gasteiger partial charge is 0.293 e. The Bertz CT molecular complexity index is 919. The van der Waals surface area contributed by atoms with Crippen molar-refractivity contribution in [2.45, 2.75) is 6.92 Å². The van der Waals surface area contributed by atoms with Gasteiger partial charge in [-0.3, -0.25) is 4.99 Å². The molecule has 0 saturated heterocycles. The highest BCUT2D eigenvalue weighted by Crippen LogP contribution is 2.35. The Kier molecular flexibility index (Phi) is 2.46. The topological polar surface area (TPSA) is 12.4 Å². The van der Waals surface area contributed by atoms with Crippen LogP contribution in [-0.2, 0) is 0 Å². The van der Waals surface area contributed by atoms with Gasteiger partial charge in [0.2, 0.25) is 0 Å². The van der Waals surface area contributed by atoms with Gasteiger partial charge in [-0.2, -0.15) is 0 Å². The Morgan fingerprint density at radius 1 is 0.800 bits per heavy atom. The Balaban J connectivity index is 2.23. The summed E-state index contributed by atoms with van der Waals surface area (Å²) in [6.45, 7) is 2.88. The highest BCUT2D eigenvalue weighted by Gasteiger charge is 2.09. The van der Waals surface area contributed by atoms with Gasteiger partial charge >= 0.3 is 0 Å². The normalized spacial score (nSPS) is 12.2. The van der Waals surface area contributed by atoms with Crippen LogP contribution in [0.1, 0.15) is 12.5 Å². The summed E-state index contributed by atoms with van der Waals surface area (Å²) in [5, 5.41) is 7.95. The maximum Gasteiger partial charge on any atom is 0.0361 e. The summed E-state index contributed by atoms with van der Waals surface area (Å²) in [5.41, 5.74) is 1.21. The zero-order valence-electron chi connectivity index (χ0n) is 11.4. The lowest BCUT2D eigenvalue weighted by atomic mass is 9.92. The number of benzene rings is 4. The van der Waals surface area contributed by atoms with Gasteiger partial charge in [-0.15, -0.1) is 0 Å². The Hall–Kier alpha value is -2.41. The molecule has 0 spiro atoms. The van der Waals surface area contributed by atoms with E-state index in [0.717, 1.165) is 6.54 Å². The van der Waals surface area contributed by atoms with E-state index in [1.807, 2.05) is 6.21 Å². The molecule has 0 aliphatic rings. The smallest absolute Gasteiger partial charge is 0.0361 e. The minimum Gasteiger partial charge on any atom is -0.293 e. The molecule has 0 atom stereocenters. The molecule has 0 N–H and O–H groups in total. The Morgan fingerprint density at radius 3 is 2.20 bits per heavy atom. The van der Waals surface area contributed by atoms with Crippen molar-refractivity contribution in [2.75, 3.05) is 6.54 Å². The lowest BCUT2D eigenvalue weighted by molar-refractivity contribution is 1.14. The molecule has 0 amide bonds. The number of hydrogen-bond donors (Lipinski definition) is 0. The van der Waals surface area contributed by atoms with E-state index in [-0.39, 0.29) is 0 Å². The third-order valence-corrected chi connectivity index (χ3v) is 3.98. The quantitative estimate of drug-likeness (QED) is 0.353. The molecule has 0 bridgehead atoms. The molecule has 1 nitrogen and oxygen atoms in total. The minimum atomic E-state index is 0.821. The molecule has 4 aromatic carbocycles. The summed E-state index contributed by atoms with van der Waals surface area (Å²) < 4.78 is 0. The van der Waals surface area contributed by atoms with Gasteiger partial charge < -0.3 is 0 Å². The number of nitrogens with zero attached hydrogens (tertiary/aromatic N) is 1. The molecule has 0 unspecified atom stereocenters. The van der Waals surface area contributed by atoms with Crippen LogP contribution in [0.15, 0.2) is 59.6 Å². The van der Waals surface area contributed by atoms with Gasteiger partial charge in [0.1, 0.15) is 0 Å². The first-order chi connectivity index (χ1) is 9.88. The molecule has 20 heavy (non-hydrogen) atoms. The second kappa shape index (κ2) is 4.31. The van der Waals surface area contributed by atoms with E-state index in [0.29, 0.717) is 0 Å². The van der Waals surface area contributed by atoms with Crippen molar-refractivity contribution in [1.82, 2.24) is 0 Å². The van der Waals surface area contributed by atoms with Crippen LogP contribution in [0.4, 0.5) is 0 Å². The molecule has 0 radical (unpaired) electrons. The van der Waals surface area contributed by atoms with Crippen molar-refractivity contribution in [3.05, 3.63) is 60.2 Å². The lowest BCUT2D eigenvalue weighted by Gasteiger charge is -2.12. The third-order valence-electron chi connectivity index (χ3n) is 3.98. The van der Waals surface area contributed by atoms with Crippen molar-refractivity contribution in [3.8, 4) is 0 Å². The molecular weight excluding hydrogens is 242 g/mol. The molecule has 0 aromatic heterocycles. The second-order valence-electron chi connectivity index (χ2n) is 5.14. The van der Waals surface area contributed by atoms with Gasteiger partial charge in [-0.1, -0.05) is 54.6 Å². The first-order valence-corrected chi connectivity index (χ1v) is 7.05. The van der Waals surface area contributed by atoms with Gasteiger partial charge in [0, 0.05) is 18.3 Å². The molecule has 96 valence electrons.